The minimum absolute atomic E-state index is 0.0383. The summed E-state index contributed by atoms with van der Waals surface area (Å²) in [5.74, 6) is -0.242. The normalized spacial score (nSPS) is 15.1. The van der Waals surface area contributed by atoms with Gasteiger partial charge in [0.1, 0.15) is 0 Å². The predicted molar refractivity (Wildman–Crippen MR) is 103 cm³/mol. The van der Waals surface area contributed by atoms with E-state index in [9.17, 15) is 13.2 Å². The van der Waals surface area contributed by atoms with Crippen LogP contribution in [0.2, 0.25) is 0 Å². The highest BCUT2D eigenvalue weighted by molar-refractivity contribution is 7.91. The molecule has 1 aromatic carbocycles. The van der Waals surface area contributed by atoms with Crippen LogP contribution in [0.25, 0.3) is 0 Å². The fourth-order valence-corrected chi connectivity index (χ4v) is 4.77. The zero-order chi connectivity index (χ0) is 18.9. The molecule has 1 amide bonds. The summed E-state index contributed by atoms with van der Waals surface area (Å²) in [6.45, 7) is 7.80. The molecule has 0 atom stereocenters. The fraction of sp³-hybridized carbons (Fsp3) is 0.444. The number of hydrogen-bond donors (Lipinski definition) is 1. The molecule has 0 fully saturated rings. The van der Waals surface area contributed by atoms with Crippen LogP contribution in [-0.2, 0) is 22.8 Å². The number of nitrogens with zero attached hydrogens (tertiary/aromatic N) is 2. The van der Waals surface area contributed by atoms with E-state index in [2.05, 4.69) is 29.0 Å². The van der Waals surface area contributed by atoms with E-state index in [4.69, 9.17) is 0 Å². The number of sulfone groups is 1. The van der Waals surface area contributed by atoms with Gasteiger partial charge in [0.2, 0.25) is 0 Å². The highest BCUT2D eigenvalue weighted by Gasteiger charge is 2.23. The predicted octanol–water partition coefficient (Wildman–Crippen LogP) is 2.96. The van der Waals surface area contributed by atoms with Gasteiger partial charge in [-0.05, 0) is 38.1 Å². The standard InChI is InChI=1S/C18H23N3O3S2/c1-4-26(23,24)14-7-5-13(6-8-14)17(22)20-18-19-15-9-10-21(12(2)3)11-16(15)25-18/h5-8,12H,4,9-11H2,1-3H3,(H,19,20,22). The second-order valence-corrected chi connectivity index (χ2v) is 9.95. The average Bonchev–Trinajstić information content (AvgIpc) is 3.03. The molecule has 1 N–H and O–H groups in total. The largest absolute Gasteiger partial charge is 0.298 e. The van der Waals surface area contributed by atoms with E-state index in [0.29, 0.717) is 16.7 Å². The maximum absolute atomic E-state index is 12.4. The van der Waals surface area contributed by atoms with E-state index in [1.165, 1.54) is 40.5 Å². The van der Waals surface area contributed by atoms with Crippen molar-refractivity contribution in [2.75, 3.05) is 17.6 Å². The van der Waals surface area contributed by atoms with Crippen molar-refractivity contribution in [3.63, 3.8) is 0 Å². The van der Waals surface area contributed by atoms with Gasteiger partial charge in [-0.3, -0.25) is 15.0 Å². The fourth-order valence-electron chi connectivity index (χ4n) is 2.86. The SMILES string of the molecule is CCS(=O)(=O)c1ccc(C(=O)Nc2nc3c(s2)CN(C(C)C)CC3)cc1. The number of amides is 1. The molecule has 8 heteroatoms. The smallest absolute Gasteiger partial charge is 0.257 e. The Balaban J connectivity index is 1.71. The van der Waals surface area contributed by atoms with Gasteiger partial charge in [0, 0.05) is 36.0 Å². The number of anilines is 1. The number of thiazole rings is 1. The van der Waals surface area contributed by atoms with Gasteiger partial charge in [0.25, 0.3) is 5.91 Å². The summed E-state index contributed by atoms with van der Waals surface area (Å²) in [6.07, 6.45) is 0.892. The molecule has 0 unspecified atom stereocenters. The lowest BCUT2D eigenvalue weighted by Crippen LogP contribution is -2.35. The van der Waals surface area contributed by atoms with E-state index in [0.717, 1.165) is 25.2 Å². The minimum Gasteiger partial charge on any atom is -0.298 e. The maximum atomic E-state index is 12.4. The van der Waals surface area contributed by atoms with Crippen LogP contribution >= 0.6 is 11.3 Å². The van der Waals surface area contributed by atoms with Gasteiger partial charge >= 0.3 is 0 Å². The number of rotatable bonds is 5. The van der Waals surface area contributed by atoms with Crippen molar-refractivity contribution < 1.29 is 13.2 Å². The quantitative estimate of drug-likeness (QED) is 0.845. The molecule has 1 aliphatic heterocycles. The molecule has 0 aliphatic carbocycles. The van der Waals surface area contributed by atoms with Crippen LogP contribution in [0.4, 0.5) is 5.13 Å². The average molecular weight is 394 g/mol. The summed E-state index contributed by atoms with van der Waals surface area (Å²) in [4.78, 5) is 20.8. The van der Waals surface area contributed by atoms with Gasteiger partial charge in [-0.15, -0.1) is 11.3 Å². The Labute approximate surface area is 158 Å². The van der Waals surface area contributed by atoms with Crippen molar-refractivity contribution in [3.05, 3.63) is 40.4 Å². The highest BCUT2D eigenvalue weighted by Crippen LogP contribution is 2.29. The van der Waals surface area contributed by atoms with Gasteiger partial charge < -0.3 is 0 Å². The molecule has 140 valence electrons. The lowest BCUT2D eigenvalue weighted by atomic mass is 10.1. The number of benzene rings is 1. The van der Waals surface area contributed by atoms with Crippen molar-refractivity contribution in [1.29, 1.82) is 0 Å². The summed E-state index contributed by atoms with van der Waals surface area (Å²) in [7, 11) is -3.26. The van der Waals surface area contributed by atoms with Crippen LogP contribution in [0.3, 0.4) is 0 Å². The topological polar surface area (TPSA) is 79.4 Å². The highest BCUT2D eigenvalue weighted by atomic mass is 32.2. The molecule has 0 saturated heterocycles. The third-order valence-corrected chi connectivity index (χ3v) is 7.32. The van der Waals surface area contributed by atoms with Gasteiger partial charge in [-0.25, -0.2) is 13.4 Å². The molecule has 2 aromatic rings. The number of carbonyl (C=O) groups excluding carboxylic acids is 1. The van der Waals surface area contributed by atoms with Crippen molar-refractivity contribution in [3.8, 4) is 0 Å². The zero-order valence-corrected chi connectivity index (χ0v) is 16.8. The van der Waals surface area contributed by atoms with Crippen LogP contribution < -0.4 is 5.32 Å². The molecule has 0 saturated carbocycles. The first-order chi connectivity index (χ1) is 12.3. The van der Waals surface area contributed by atoms with Crippen LogP contribution in [-0.4, -0.2) is 42.5 Å². The van der Waals surface area contributed by atoms with Crippen molar-refractivity contribution in [2.24, 2.45) is 0 Å². The molecule has 1 aromatic heterocycles. The Kier molecular flexibility index (Phi) is 5.45. The van der Waals surface area contributed by atoms with Gasteiger partial charge in [-0.2, -0.15) is 0 Å². The van der Waals surface area contributed by atoms with Crippen LogP contribution in [0.5, 0.6) is 0 Å². The monoisotopic (exact) mass is 393 g/mol. The Bertz CT molecular complexity index is 902. The lowest BCUT2D eigenvalue weighted by Gasteiger charge is -2.29. The summed E-state index contributed by atoms with van der Waals surface area (Å²) >= 11 is 1.51. The van der Waals surface area contributed by atoms with E-state index in [1.54, 1.807) is 6.92 Å². The first-order valence-corrected chi connectivity index (χ1v) is 11.1. The molecule has 0 bridgehead atoms. The Morgan fingerprint density at radius 3 is 2.62 bits per heavy atom. The zero-order valence-electron chi connectivity index (χ0n) is 15.2. The summed E-state index contributed by atoms with van der Waals surface area (Å²) < 4.78 is 23.7. The van der Waals surface area contributed by atoms with Crippen molar-refractivity contribution >= 4 is 32.2 Å². The molecule has 1 aliphatic rings. The number of aromatic nitrogens is 1. The molecular weight excluding hydrogens is 370 g/mol. The second kappa shape index (κ2) is 7.46. The number of nitrogens with one attached hydrogen (secondary N) is 1. The van der Waals surface area contributed by atoms with Crippen LogP contribution in [0.1, 0.15) is 41.7 Å². The third kappa shape index (κ3) is 3.97. The molecule has 0 spiro atoms. The number of fused-ring (bicyclic) bond motifs is 1. The molecular formula is C18H23N3O3S2. The Hall–Kier alpha value is -1.77. The first kappa shape index (κ1) is 19.0. The molecule has 2 heterocycles. The number of hydrogen-bond acceptors (Lipinski definition) is 6. The molecule has 26 heavy (non-hydrogen) atoms. The summed E-state index contributed by atoms with van der Waals surface area (Å²) in [5.41, 5.74) is 1.48. The van der Waals surface area contributed by atoms with Crippen LogP contribution in [0.15, 0.2) is 29.2 Å². The molecule has 0 radical (unpaired) electrons. The van der Waals surface area contributed by atoms with E-state index in [1.807, 2.05) is 0 Å². The van der Waals surface area contributed by atoms with Gasteiger partial charge in [-0.1, -0.05) is 6.92 Å². The van der Waals surface area contributed by atoms with E-state index < -0.39 is 9.84 Å². The minimum atomic E-state index is -3.26. The summed E-state index contributed by atoms with van der Waals surface area (Å²) in [5, 5.41) is 3.43. The summed E-state index contributed by atoms with van der Waals surface area (Å²) in [6, 6.07) is 6.50. The first-order valence-electron chi connectivity index (χ1n) is 8.67. The van der Waals surface area contributed by atoms with Crippen LogP contribution in [0, 0.1) is 0 Å². The van der Waals surface area contributed by atoms with Crippen molar-refractivity contribution in [1.82, 2.24) is 9.88 Å². The van der Waals surface area contributed by atoms with Crippen molar-refractivity contribution in [2.45, 2.75) is 44.7 Å². The second-order valence-electron chi connectivity index (χ2n) is 6.59. The Morgan fingerprint density at radius 1 is 1.31 bits per heavy atom. The molecule has 6 nitrogen and oxygen atoms in total. The number of carbonyl (C=O) groups is 1. The van der Waals surface area contributed by atoms with Gasteiger partial charge in [0.05, 0.1) is 16.3 Å². The Morgan fingerprint density at radius 2 is 2.00 bits per heavy atom. The molecule has 3 rings (SSSR count). The van der Waals surface area contributed by atoms with Gasteiger partial charge in [0.15, 0.2) is 15.0 Å². The van der Waals surface area contributed by atoms with E-state index >= 15 is 0 Å². The lowest BCUT2D eigenvalue weighted by molar-refractivity contribution is 0.102. The van der Waals surface area contributed by atoms with E-state index in [-0.39, 0.29) is 16.6 Å². The third-order valence-electron chi connectivity index (χ3n) is 4.57. The maximum Gasteiger partial charge on any atom is 0.257 e.